The van der Waals surface area contributed by atoms with E-state index in [2.05, 4.69) is 48.6 Å². The summed E-state index contributed by atoms with van der Waals surface area (Å²) in [5.41, 5.74) is 3.44. The monoisotopic (exact) mass is 450 g/mol. The molecule has 4 aliphatic heterocycles. The molecular formula is C25H34N6O2. The van der Waals surface area contributed by atoms with Crippen LogP contribution in [-0.2, 0) is 11.3 Å². The topological polar surface area (TPSA) is 74.8 Å². The number of anilines is 3. The number of benzene rings is 1. The van der Waals surface area contributed by atoms with Crippen molar-refractivity contribution in [1.29, 1.82) is 0 Å². The molecule has 3 fully saturated rings. The molecule has 2 N–H and O–H groups in total. The molecule has 0 amide bonds. The third kappa shape index (κ3) is 4.39. The van der Waals surface area contributed by atoms with Gasteiger partial charge in [0.2, 0.25) is 0 Å². The lowest BCUT2D eigenvalue weighted by atomic mass is 9.87. The first-order valence-corrected chi connectivity index (χ1v) is 12.5. The Balaban J connectivity index is 1.18. The van der Waals surface area contributed by atoms with E-state index in [0.717, 1.165) is 61.0 Å². The summed E-state index contributed by atoms with van der Waals surface area (Å²) in [6, 6.07) is 7.44. The van der Waals surface area contributed by atoms with E-state index in [4.69, 9.17) is 9.47 Å². The first kappa shape index (κ1) is 21.1. The number of morpholine rings is 1. The van der Waals surface area contributed by atoms with Crippen LogP contribution in [0.15, 0.2) is 24.5 Å². The van der Waals surface area contributed by atoms with Gasteiger partial charge >= 0.3 is 0 Å². The van der Waals surface area contributed by atoms with Crippen molar-refractivity contribution in [2.45, 2.75) is 44.2 Å². The minimum Gasteiger partial charge on any atom is -0.486 e. The quantitative estimate of drug-likeness (QED) is 0.740. The minimum absolute atomic E-state index is 0.469. The SMILES string of the molecule is c1nc2c(c(N3CCOCC3)n1)COc1ccc(C3CCN(C4CCNCC4)CC3)cc1N2. The van der Waals surface area contributed by atoms with Crippen LogP contribution in [0.4, 0.5) is 17.3 Å². The summed E-state index contributed by atoms with van der Waals surface area (Å²) in [7, 11) is 0. The number of hydrogen-bond donors (Lipinski definition) is 2. The molecule has 8 nitrogen and oxygen atoms in total. The number of ether oxygens (including phenoxy) is 2. The average molecular weight is 451 g/mol. The van der Waals surface area contributed by atoms with Crippen LogP contribution in [0.5, 0.6) is 5.75 Å². The first-order chi connectivity index (χ1) is 16.3. The van der Waals surface area contributed by atoms with E-state index >= 15 is 0 Å². The molecular weight excluding hydrogens is 416 g/mol. The van der Waals surface area contributed by atoms with E-state index in [9.17, 15) is 0 Å². The molecule has 6 rings (SSSR count). The summed E-state index contributed by atoms with van der Waals surface area (Å²) in [4.78, 5) is 14.1. The standard InChI is InChI=1S/C25H34N6O2/c1-2-23-22(15-19(1)18-5-9-30(10-6-18)20-3-7-26-8-4-20)29-24-21(16-33-23)25(28-17-27-24)31-11-13-32-14-12-31/h1-2,15,17-18,20,26H,3-14,16H2,(H,27,28,29). The first-order valence-electron chi connectivity index (χ1n) is 12.5. The summed E-state index contributed by atoms with van der Waals surface area (Å²) in [6.07, 6.45) is 6.69. The Bertz CT molecular complexity index is 965. The second-order valence-corrected chi connectivity index (χ2v) is 9.58. The van der Waals surface area contributed by atoms with Gasteiger partial charge in [-0.05, 0) is 75.5 Å². The molecule has 1 aromatic carbocycles. The Morgan fingerprint density at radius 3 is 2.58 bits per heavy atom. The lowest BCUT2D eigenvalue weighted by Gasteiger charge is -2.39. The van der Waals surface area contributed by atoms with E-state index in [0.29, 0.717) is 12.5 Å². The molecule has 8 heteroatoms. The molecule has 0 saturated carbocycles. The van der Waals surface area contributed by atoms with E-state index in [1.165, 1.54) is 57.4 Å². The van der Waals surface area contributed by atoms with Gasteiger partial charge in [0.15, 0.2) is 0 Å². The van der Waals surface area contributed by atoms with Gasteiger partial charge in [-0.2, -0.15) is 0 Å². The largest absolute Gasteiger partial charge is 0.486 e. The number of hydrogen-bond acceptors (Lipinski definition) is 8. The fourth-order valence-electron chi connectivity index (χ4n) is 5.76. The summed E-state index contributed by atoms with van der Waals surface area (Å²) >= 11 is 0. The van der Waals surface area contributed by atoms with Gasteiger partial charge in [-0.25, -0.2) is 9.97 Å². The van der Waals surface area contributed by atoms with Crippen molar-refractivity contribution in [2.24, 2.45) is 0 Å². The highest BCUT2D eigenvalue weighted by atomic mass is 16.5. The predicted octanol–water partition coefficient (Wildman–Crippen LogP) is 2.88. The highest BCUT2D eigenvalue weighted by Gasteiger charge is 2.28. The maximum Gasteiger partial charge on any atom is 0.143 e. The molecule has 5 heterocycles. The van der Waals surface area contributed by atoms with Gasteiger partial charge in [0.1, 0.15) is 30.3 Å². The van der Waals surface area contributed by atoms with Crippen LogP contribution in [0.2, 0.25) is 0 Å². The molecule has 0 radical (unpaired) electrons. The lowest BCUT2D eigenvalue weighted by Crippen LogP contribution is -2.46. The third-order valence-corrected chi connectivity index (χ3v) is 7.69. The lowest BCUT2D eigenvalue weighted by molar-refractivity contribution is 0.122. The van der Waals surface area contributed by atoms with Gasteiger partial charge in [-0.15, -0.1) is 0 Å². The molecule has 4 aliphatic rings. The minimum atomic E-state index is 0.469. The summed E-state index contributed by atoms with van der Waals surface area (Å²) in [5, 5.41) is 7.06. The zero-order valence-corrected chi connectivity index (χ0v) is 19.3. The molecule has 3 saturated heterocycles. The third-order valence-electron chi connectivity index (χ3n) is 7.69. The van der Waals surface area contributed by atoms with Gasteiger partial charge in [-0.1, -0.05) is 6.07 Å². The molecule has 0 unspecified atom stereocenters. The number of piperidine rings is 2. The van der Waals surface area contributed by atoms with Crippen molar-refractivity contribution in [1.82, 2.24) is 20.2 Å². The van der Waals surface area contributed by atoms with Crippen molar-refractivity contribution in [3.8, 4) is 5.75 Å². The van der Waals surface area contributed by atoms with Crippen molar-refractivity contribution >= 4 is 17.3 Å². The molecule has 2 aromatic rings. The predicted molar refractivity (Wildman–Crippen MR) is 129 cm³/mol. The van der Waals surface area contributed by atoms with E-state index in [1.807, 2.05) is 0 Å². The molecule has 0 spiro atoms. The van der Waals surface area contributed by atoms with Crippen molar-refractivity contribution in [3.05, 3.63) is 35.7 Å². The Labute approximate surface area is 195 Å². The molecule has 1 aromatic heterocycles. The fourth-order valence-corrected chi connectivity index (χ4v) is 5.76. The maximum atomic E-state index is 6.23. The van der Waals surface area contributed by atoms with Crippen LogP contribution in [-0.4, -0.2) is 73.4 Å². The zero-order valence-electron chi connectivity index (χ0n) is 19.3. The molecule has 0 bridgehead atoms. The number of aromatic nitrogens is 2. The van der Waals surface area contributed by atoms with Gasteiger partial charge in [-0.3, -0.25) is 0 Å². The zero-order chi connectivity index (χ0) is 22.0. The molecule has 0 aliphatic carbocycles. The van der Waals surface area contributed by atoms with Crippen LogP contribution in [0.25, 0.3) is 0 Å². The Hall–Kier alpha value is -2.42. The van der Waals surface area contributed by atoms with Crippen LogP contribution in [0.3, 0.4) is 0 Å². The van der Waals surface area contributed by atoms with E-state index in [1.54, 1.807) is 6.33 Å². The van der Waals surface area contributed by atoms with Crippen molar-refractivity contribution in [3.63, 3.8) is 0 Å². The summed E-state index contributed by atoms with van der Waals surface area (Å²) in [6.45, 7) is 8.35. The second-order valence-electron chi connectivity index (χ2n) is 9.58. The molecule has 0 atom stereocenters. The number of likely N-dealkylation sites (tertiary alicyclic amines) is 1. The number of nitrogens with zero attached hydrogens (tertiary/aromatic N) is 4. The highest BCUT2D eigenvalue weighted by molar-refractivity contribution is 5.71. The Morgan fingerprint density at radius 2 is 1.76 bits per heavy atom. The maximum absolute atomic E-state index is 6.23. The summed E-state index contributed by atoms with van der Waals surface area (Å²) < 4.78 is 11.7. The van der Waals surface area contributed by atoms with Gasteiger partial charge in [0.05, 0.1) is 24.5 Å². The molecule has 176 valence electrons. The molecule has 33 heavy (non-hydrogen) atoms. The normalized spacial score (nSPS) is 22.6. The van der Waals surface area contributed by atoms with E-state index < -0.39 is 0 Å². The van der Waals surface area contributed by atoms with Crippen LogP contribution in [0, 0.1) is 0 Å². The fraction of sp³-hybridized carbons (Fsp3) is 0.600. The number of fused-ring (bicyclic) bond motifs is 2. The van der Waals surface area contributed by atoms with Crippen LogP contribution >= 0.6 is 0 Å². The van der Waals surface area contributed by atoms with Gasteiger partial charge < -0.3 is 29.9 Å². The van der Waals surface area contributed by atoms with E-state index in [-0.39, 0.29) is 0 Å². The smallest absolute Gasteiger partial charge is 0.143 e. The van der Waals surface area contributed by atoms with Crippen molar-refractivity contribution in [2.75, 3.05) is 62.7 Å². The highest BCUT2D eigenvalue weighted by Crippen LogP contribution is 2.39. The van der Waals surface area contributed by atoms with Crippen LogP contribution < -0.4 is 20.3 Å². The second kappa shape index (κ2) is 9.44. The van der Waals surface area contributed by atoms with Crippen LogP contribution in [0.1, 0.15) is 42.7 Å². The number of nitrogens with one attached hydrogen (secondary N) is 2. The Kier molecular flexibility index (Phi) is 6.05. The van der Waals surface area contributed by atoms with Gasteiger partial charge in [0.25, 0.3) is 0 Å². The number of rotatable bonds is 3. The summed E-state index contributed by atoms with van der Waals surface area (Å²) in [5.74, 6) is 3.29. The average Bonchev–Trinajstić information content (AvgIpc) is 3.08. The Morgan fingerprint density at radius 1 is 0.939 bits per heavy atom. The van der Waals surface area contributed by atoms with Gasteiger partial charge in [0, 0.05) is 19.1 Å². The van der Waals surface area contributed by atoms with Crippen molar-refractivity contribution < 1.29 is 9.47 Å².